The van der Waals surface area contributed by atoms with Gasteiger partial charge in [0.15, 0.2) is 5.58 Å². The number of para-hydroxylation sites is 1. The standard InChI is InChI=1S/C60H37NOS/c1-2-14-38(15-3-1)39-28-32-43(33-29-39)61(44-34-30-40(31-35-44)47-23-12-25-52-50-22-10-11-27-56(50)63-60(47)52)55-26-13-24-51-54-37-42-17-5-7-19-46(42)57(59(54)62-58(51)55)53-36-41-16-4-6-18-45(41)48-20-8-9-21-49(48)53/h1-37H. The first-order valence-corrected chi connectivity index (χ1v) is 22.3. The summed E-state index contributed by atoms with van der Waals surface area (Å²) in [5.41, 5.74) is 11.9. The molecule has 0 amide bonds. The number of furan rings is 1. The van der Waals surface area contributed by atoms with E-state index in [2.05, 4.69) is 229 Å². The lowest BCUT2D eigenvalue weighted by molar-refractivity contribution is 0.670. The van der Waals surface area contributed by atoms with Gasteiger partial charge in [0.05, 0.1) is 5.69 Å². The van der Waals surface area contributed by atoms with Crippen LogP contribution in [-0.4, -0.2) is 0 Å². The first-order valence-electron chi connectivity index (χ1n) is 21.5. The summed E-state index contributed by atoms with van der Waals surface area (Å²) in [7, 11) is 0. The van der Waals surface area contributed by atoms with Gasteiger partial charge in [-0.15, -0.1) is 11.3 Å². The maximum atomic E-state index is 7.39. The molecule has 294 valence electrons. The first-order chi connectivity index (χ1) is 31.2. The third-order valence-corrected chi connectivity index (χ3v) is 14.1. The van der Waals surface area contributed by atoms with Crippen molar-refractivity contribution in [3.05, 3.63) is 224 Å². The summed E-state index contributed by atoms with van der Waals surface area (Å²) >= 11 is 1.87. The van der Waals surface area contributed by atoms with Crippen molar-refractivity contribution in [2.75, 3.05) is 4.90 Å². The van der Waals surface area contributed by atoms with E-state index in [4.69, 9.17) is 4.42 Å². The molecule has 13 aromatic rings. The van der Waals surface area contributed by atoms with Crippen molar-refractivity contribution in [1.82, 2.24) is 0 Å². The van der Waals surface area contributed by atoms with E-state index >= 15 is 0 Å². The SMILES string of the molecule is c1ccc(-c2ccc(N(c3ccc(-c4cccc5c4sc4ccccc45)cc3)c3cccc4c3oc3c(-c5cc6ccccc6c6ccccc56)c5ccccc5cc34)cc2)cc1. The van der Waals surface area contributed by atoms with Gasteiger partial charge in [0, 0.05) is 47.9 Å². The van der Waals surface area contributed by atoms with Crippen molar-refractivity contribution in [2.45, 2.75) is 0 Å². The lowest BCUT2D eigenvalue weighted by Gasteiger charge is -2.26. The van der Waals surface area contributed by atoms with Crippen LogP contribution in [-0.2, 0) is 0 Å². The van der Waals surface area contributed by atoms with Crippen LogP contribution in [0.2, 0.25) is 0 Å². The van der Waals surface area contributed by atoms with Crippen LogP contribution in [0.5, 0.6) is 0 Å². The van der Waals surface area contributed by atoms with Gasteiger partial charge in [0.1, 0.15) is 5.58 Å². The highest BCUT2D eigenvalue weighted by Gasteiger charge is 2.24. The van der Waals surface area contributed by atoms with Crippen LogP contribution < -0.4 is 4.90 Å². The summed E-state index contributed by atoms with van der Waals surface area (Å²) in [6, 6.07) is 81.5. The molecular formula is C60H37NOS. The van der Waals surface area contributed by atoms with E-state index in [1.807, 2.05) is 11.3 Å². The summed E-state index contributed by atoms with van der Waals surface area (Å²) < 4.78 is 10.0. The summed E-state index contributed by atoms with van der Waals surface area (Å²) in [6.45, 7) is 0. The molecule has 0 fully saturated rings. The Hall–Kier alpha value is -7.98. The number of thiophene rings is 1. The van der Waals surface area contributed by atoms with Crippen molar-refractivity contribution in [3.63, 3.8) is 0 Å². The zero-order chi connectivity index (χ0) is 41.4. The van der Waals surface area contributed by atoms with Gasteiger partial charge in [-0.2, -0.15) is 0 Å². The number of rotatable bonds is 6. The third-order valence-electron chi connectivity index (χ3n) is 12.8. The van der Waals surface area contributed by atoms with E-state index in [1.54, 1.807) is 0 Å². The second-order valence-corrected chi connectivity index (χ2v) is 17.4. The van der Waals surface area contributed by atoms with Crippen molar-refractivity contribution in [2.24, 2.45) is 0 Å². The van der Waals surface area contributed by atoms with Crippen molar-refractivity contribution < 1.29 is 4.42 Å². The lowest BCUT2D eigenvalue weighted by atomic mass is 9.89. The summed E-state index contributed by atoms with van der Waals surface area (Å²) in [6.07, 6.45) is 0. The first kappa shape index (κ1) is 35.7. The van der Waals surface area contributed by atoms with E-state index in [0.717, 1.165) is 44.6 Å². The fraction of sp³-hybridized carbons (Fsp3) is 0. The topological polar surface area (TPSA) is 16.4 Å². The number of anilines is 3. The van der Waals surface area contributed by atoms with Gasteiger partial charge < -0.3 is 9.32 Å². The highest BCUT2D eigenvalue weighted by Crippen LogP contribution is 2.49. The molecule has 3 heteroatoms. The Morgan fingerprint density at radius 2 is 0.905 bits per heavy atom. The number of benzene rings is 11. The molecule has 2 heterocycles. The molecule has 0 unspecified atom stereocenters. The highest BCUT2D eigenvalue weighted by atomic mass is 32.1. The minimum Gasteiger partial charge on any atom is -0.453 e. The average molecular weight is 820 g/mol. The summed E-state index contributed by atoms with van der Waals surface area (Å²) in [4.78, 5) is 2.36. The quantitative estimate of drug-likeness (QED) is 0.155. The fourth-order valence-corrected chi connectivity index (χ4v) is 11.1. The minimum absolute atomic E-state index is 0.848. The van der Waals surface area contributed by atoms with Gasteiger partial charge in [-0.25, -0.2) is 0 Å². The Balaban J connectivity index is 1.04. The van der Waals surface area contributed by atoms with E-state index in [-0.39, 0.29) is 0 Å². The van der Waals surface area contributed by atoms with Gasteiger partial charge in [-0.1, -0.05) is 176 Å². The van der Waals surface area contributed by atoms with E-state index < -0.39 is 0 Å². The Kier molecular flexibility index (Phi) is 8.12. The van der Waals surface area contributed by atoms with Crippen molar-refractivity contribution in [1.29, 1.82) is 0 Å². The van der Waals surface area contributed by atoms with Gasteiger partial charge in [-0.05, 0) is 109 Å². The molecule has 0 aliphatic heterocycles. The third kappa shape index (κ3) is 5.71. The largest absolute Gasteiger partial charge is 0.453 e. The van der Waals surface area contributed by atoms with Crippen LogP contribution in [0.4, 0.5) is 17.1 Å². The van der Waals surface area contributed by atoms with Crippen LogP contribution in [0.3, 0.4) is 0 Å². The molecule has 0 aliphatic carbocycles. The molecule has 63 heavy (non-hydrogen) atoms. The number of hydrogen-bond donors (Lipinski definition) is 0. The molecule has 0 spiro atoms. The highest BCUT2D eigenvalue weighted by molar-refractivity contribution is 7.26. The zero-order valence-electron chi connectivity index (χ0n) is 34.1. The molecule has 0 N–H and O–H groups in total. The van der Waals surface area contributed by atoms with Gasteiger partial charge in [0.25, 0.3) is 0 Å². The summed E-state index contributed by atoms with van der Waals surface area (Å²) in [5, 5.41) is 12.1. The number of fused-ring (bicyclic) bond motifs is 10. The second kappa shape index (κ2) is 14.3. The van der Waals surface area contributed by atoms with E-state index in [9.17, 15) is 0 Å². The smallest absolute Gasteiger partial charge is 0.159 e. The Bertz CT molecular complexity index is 3900. The Labute approximate surface area is 368 Å². The van der Waals surface area contributed by atoms with E-state index in [1.165, 1.54) is 80.3 Å². The summed E-state index contributed by atoms with van der Waals surface area (Å²) in [5.74, 6) is 0. The minimum atomic E-state index is 0.848. The molecule has 0 atom stereocenters. The van der Waals surface area contributed by atoms with Gasteiger partial charge in [-0.3, -0.25) is 0 Å². The average Bonchev–Trinajstić information content (AvgIpc) is 3.93. The zero-order valence-corrected chi connectivity index (χ0v) is 34.9. The van der Waals surface area contributed by atoms with Crippen LogP contribution >= 0.6 is 11.3 Å². The monoisotopic (exact) mass is 819 g/mol. The van der Waals surface area contributed by atoms with Crippen molar-refractivity contribution in [3.8, 4) is 33.4 Å². The maximum absolute atomic E-state index is 7.39. The Morgan fingerprint density at radius 1 is 0.333 bits per heavy atom. The molecule has 0 saturated heterocycles. The molecule has 2 aromatic heterocycles. The van der Waals surface area contributed by atoms with Gasteiger partial charge in [0.2, 0.25) is 0 Å². The second-order valence-electron chi connectivity index (χ2n) is 16.4. The van der Waals surface area contributed by atoms with E-state index in [0.29, 0.717) is 0 Å². The molecule has 0 radical (unpaired) electrons. The normalized spacial score (nSPS) is 11.8. The van der Waals surface area contributed by atoms with Crippen molar-refractivity contribution >= 4 is 103 Å². The molecule has 11 aromatic carbocycles. The number of nitrogens with zero attached hydrogens (tertiary/aromatic N) is 1. The molecular weight excluding hydrogens is 783 g/mol. The maximum Gasteiger partial charge on any atom is 0.159 e. The predicted octanol–water partition coefficient (Wildman–Crippen LogP) is 17.9. The molecule has 13 rings (SSSR count). The number of hydrogen-bond acceptors (Lipinski definition) is 3. The van der Waals surface area contributed by atoms with Crippen LogP contribution in [0.25, 0.3) is 108 Å². The lowest BCUT2D eigenvalue weighted by Crippen LogP contribution is -2.10. The Morgan fingerprint density at radius 3 is 1.68 bits per heavy atom. The van der Waals surface area contributed by atoms with Crippen LogP contribution in [0.1, 0.15) is 0 Å². The predicted molar refractivity (Wildman–Crippen MR) is 270 cm³/mol. The van der Waals surface area contributed by atoms with Crippen LogP contribution in [0, 0.1) is 0 Å². The van der Waals surface area contributed by atoms with Gasteiger partial charge >= 0.3 is 0 Å². The molecule has 0 bridgehead atoms. The molecule has 2 nitrogen and oxygen atoms in total. The van der Waals surface area contributed by atoms with Crippen LogP contribution in [0.15, 0.2) is 229 Å². The molecule has 0 saturated carbocycles. The fourth-order valence-electron chi connectivity index (χ4n) is 9.91. The molecule has 0 aliphatic rings.